The van der Waals surface area contributed by atoms with E-state index in [1.54, 1.807) is 0 Å². The van der Waals surface area contributed by atoms with E-state index in [2.05, 4.69) is 0 Å². The zero-order valence-electron chi connectivity index (χ0n) is 12.5. The lowest BCUT2D eigenvalue weighted by Crippen LogP contribution is -2.26. The topological polar surface area (TPSA) is 112 Å². The minimum atomic E-state index is -4.33. The van der Waals surface area contributed by atoms with Crippen LogP contribution in [0.2, 0.25) is 0 Å². The lowest BCUT2D eigenvalue weighted by Gasteiger charge is -2.21. The van der Waals surface area contributed by atoms with E-state index < -0.39 is 44.0 Å². The second-order valence-electron chi connectivity index (χ2n) is 5.32. The Hall–Kier alpha value is -1.72. The van der Waals surface area contributed by atoms with Crippen LogP contribution in [0.4, 0.5) is 4.39 Å². The molecule has 23 heavy (non-hydrogen) atoms. The van der Waals surface area contributed by atoms with Gasteiger partial charge in [-0.25, -0.2) is 4.39 Å². The number of benzene rings is 1. The molecule has 0 amide bonds. The first-order chi connectivity index (χ1) is 10.7. The van der Waals surface area contributed by atoms with Crippen molar-refractivity contribution in [1.82, 2.24) is 0 Å². The average Bonchev–Trinajstić information content (AvgIpc) is 2.47. The summed E-state index contributed by atoms with van der Waals surface area (Å²) >= 11 is 0. The minimum Gasteiger partial charge on any atom is -0.481 e. The monoisotopic (exact) mass is 346 g/mol. The van der Waals surface area contributed by atoms with Crippen LogP contribution < -0.4 is 0 Å². The number of carboxylic acids is 2. The Morgan fingerprint density at radius 3 is 2.30 bits per heavy atom. The van der Waals surface area contributed by atoms with Gasteiger partial charge in [-0.2, -0.15) is 0 Å². The molecule has 128 valence electrons. The number of carboxylic acid groups (broad SMARTS) is 2. The second-order valence-corrected chi connectivity index (χ2v) is 7.77. The summed E-state index contributed by atoms with van der Waals surface area (Å²) in [6, 6.07) is 9.14. The van der Waals surface area contributed by atoms with Gasteiger partial charge in [-0.3, -0.25) is 14.2 Å². The van der Waals surface area contributed by atoms with Gasteiger partial charge >= 0.3 is 11.9 Å². The number of carbonyl (C=O) groups is 2. The van der Waals surface area contributed by atoms with Crippen molar-refractivity contribution in [3.05, 3.63) is 35.9 Å². The molecule has 1 aromatic rings. The normalized spacial score (nSPS) is 16.3. The van der Waals surface area contributed by atoms with E-state index in [1.165, 1.54) is 0 Å². The van der Waals surface area contributed by atoms with Crippen LogP contribution in [0.15, 0.2) is 30.3 Å². The van der Waals surface area contributed by atoms with Gasteiger partial charge in [0, 0.05) is 12.6 Å². The number of aliphatic carboxylic acids is 2. The summed E-state index contributed by atoms with van der Waals surface area (Å²) < 4.78 is 26.2. The maximum Gasteiger partial charge on any atom is 0.310 e. The Morgan fingerprint density at radius 2 is 1.78 bits per heavy atom. The fraction of sp³-hybridized carbons (Fsp3) is 0.467. The van der Waals surface area contributed by atoms with Crippen LogP contribution in [0.1, 0.15) is 24.8 Å². The Morgan fingerprint density at radius 1 is 1.17 bits per heavy atom. The highest BCUT2D eigenvalue weighted by atomic mass is 31.2. The Balaban J connectivity index is 2.62. The molecule has 0 aromatic heterocycles. The van der Waals surface area contributed by atoms with Crippen LogP contribution in [0.5, 0.6) is 0 Å². The van der Waals surface area contributed by atoms with E-state index in [9.17, 15) is 23.4 Å². The zero-order chi connectivity index (χ0) is 17.5. The first-order valence-corrected chi connectivity index (χ1v) is 9.09. The summed E-state index contributed by atoms with van der Waals surface area (Å²) in [5, 5.41) is 17.5. The smallest absolute Gasteiger partial charge is 0.310 e. The number of alkyl halides is 1. The van der Waals surface area contributed by atoms with Crippen molar-refractivity contribution in [2.45, 2.75) is 31.6 Å². The molecule has 8 heteroatoms. The number of rotatable bonds is 10. The van der Waals surface area contributed by atoms with E-state index in [0.29, 0.717) is 6.42 Å². The second kappa shape index (κ2) is 8.79. The van der Waals surface area contributed by atoms with Gasteiger partial charge < -0.3 is 15.1 Å². The Labute approximate surface area is 133 Å². The molecule has 0 saturated carbocycles. The van der Waals surface area contributed by atoms with Crippen LogP contribution in [0.25, 0.3) is 0 Å². The summed E-state index contributed by atoms with van der Waals surface area (Å²) in [5.41, 5.74) is 0.934. The number of hydrogen-bond donors (Lipinski definition) is 3. The molecular formula is C15H20FO6P. The van der Waals surface area contributed by atoms with Crippen LogP contribution >= 0.6 is 7.37 Å². The van der Waals surface area contributed by atoms with Crippen molar-refractivity contribution in [2.75, 3.05) is 6.16 Å². The third kappa shape index (κ3) is 6.50. The molecule has 0 aliphatic heterocycles. The maximum atomic E-state index is 14.2. The van der Waals surface area contributed by atoms with Crippen LogP contribution in [-0.2, 0) is 20.6 Å². The van der Waals surface area contributed by atoms with E-state index in [1.807, 2.05) is 30.3 Å². The summed E-state index contributed by atoms with van der Waals surface area (Å²) in [4.78, 5) is 31.3. The molecule has 0 heterocycles. The quantitative estimate of drug-likeness (QED) is 0.562. The highest BCUT2D eigenvalue weighted by molar-refractivity contribution is 7.58. The SMILES string of the molecule is O=C(O)CCC(C(=O)O)C(F)P(=O)(O)CCCc1ccccc1. The molecule has 3 unspecified atom stereocenters. The van der Waals surface area contributed by atoms with Gasteiger partial charge in [0.15, 0.2) is 5.91 Å². The van der Waals surface area contributed by atoms with E-state index in [4.69, 9.17) is 10.2 Å². The van der Waals surface area contributed by atoms with Crippen molar-refractivity contribution in [2.24, 2.45) is 5.92 Å². The van der Waals surface area contributed by atoms with Gasteiger partial charge in [0.25, 0.3) is 0 Å². The molecule has 0 saturated heterocycles. The highest BCUT2D eigenvalue weighted by Crippen LogP contribution is 2.51. The molecule has 0 radical (unpaired) electrons. The van der Waals surface area contributed by atoms with E-state index in [-0.39, 0.29) is 12.6 Å². The van der Waals surface area contributed by atoms with Crippen molar-refractivity contribution in [1.29, 1.82) is 0 Å². The molecule has 3 N–H and O–H groups in total. The van der Waals surface area contributed by atoms with Gasteiger partial charge in [-0.15, -0.1) is 0 Å². The van der Waals surface area contributed by atoms with Crippen molar-refractivity contribution in [3.63, 3.8) is 0 Å². The fourth-order valence-electron chi connectivity index (χ4n) is 2.22. The lowest BCUT2D eigenvalue weighted by atomic mass is 10.1. The van der Waals surface area contributed by atoms with Crippen LogP contribution in [0, 0.1) is 5.92 Å². The van der Waals surface area contributed by atoms with Crippen LogP contribution in [-0.4, -0.2) is 39.1 Å². The minimum absolute atomic E-state index is 0.240. The maximum absolute atomic E-state index is 14.2. The number of halogens is 1. The zero-order valence-corrected chi connectivity index (χ0v) is 13.4. The van der Waals surface area contributed by atoms with Crippen molar-refractivity contribution in [3.8, 4) is 0 Å². The number of hydrogen-bond acceptors (Lipinski definition) is 3. The van der Waals surface area contributed by atoms with E-state index >= 15 is 0 Å². The third-order valence-electron chi connectivity index (χ3n) is 3.49. The van der Waals surface area contributed by atoms with Crippen molar-refractivity contribution < 1.29 is 33.7 Å². The van der Waals surface area contributed by atoms with Crippen molar-refractivity contribution >= 4 is 19.3 Å². The third-order valence-corrected chi connectivity index (χ3v) is 5.58. The Kier molecular flexibility index (Phi) is 7.39. The first kappa shape index (κ1) is 19.3. The highest BCUT2D eigenvalue weighted by Gasteiger charge is 2.41. The standard InChI is InChI=1S/C15H20FO6P/c16-14(12(15(19)20)8-9-13(17)18)23(21,22)10-4-7-11-5-2-1-3-6-11/h1-3,5-6,12,14H,4,7-10H2,(H,17,18)(H,19,20)(H,21,22). The summed E-state index contributed by atoms with van der Waals surface area (Å²) in [6.07, 6.45) is -0.717. The molecule has 6 nitrogen and oxygen atoms in total. The van der Waals surface area contributed by atoms with Crippen LogP contribution in [0.3, 0.4) is 0 Å². The number of aryl methyl sites for hydroxylation is 1. The molecule has 0 aliphatic rings. The molecular weight excluding hydrogens is 326 g/mol. The summed E-state index contributed by atoms with van der Waals surface area (Å²) in [6.45, 7) is 0. The predicted octanol–water partition coefficient (Wildman–Crippen LogP) is 2.75. The molecule has 0 fully saturated rings. The van der Waals surface area contributed by atoms with Gasteiger partial charge in [-0.05, 0) is 24.8 Å². The largest absolute Gasteiger partial charge is 0.481 e. The Bertz CT molecular complexity index is 577. The van der Waals surface area contributed by atoms with Gasteiger partial charge in [0.05, 0.1) is 5.92 Å². The molecule has 0 bridgehead atoms. The van der Waals surface area contributed by atoms with E-state index in [0.717, 1.165) is 5.56 Å². The first-order valence-electron chi connectivity index (χ1n) is 7.18. The molecule has 1 aromatic carbocycles. The fourth-order valence-corrected chi connectivity index (χ4v) is 3.91. The van der Waals surface area contributed by atoms with Gasteiger partial charge in [-0.1, -0.05) is 30.3 Å². The average molecular weight is 346 g/mol. The molecule has 0 spiro atoms. The summed E-state index contributed by atoms with van der Waals surface area (Å²) in [5.74, 6) is -7.13. The van der Waals surface area contributed by atoms with Gasteiger partial charge in [0.2, 0.25) is 7.37 Å². The lowest BCUT2D eigenvalue weighted by molar-refractivity contribution is -0.144. The molecule has 1 rings (SSSR count). The molecule has 0 aliphatic carbocycles. The summed E-state index contributed by atoms with van der Waals surface area (Å²) in [7, 11) is -4.33. The predicted molar refractivity (Wildman–Crippen MR) is 82.3 cm³/mol. The van der Waals surface area contributed by atoms with Gasteiger partial charge in [0.1, 0.15) is 0 Å². The molecule has 3 atom stereocenters.